The predicted octanol–water partition coefficient (Wildman–Crippen LogP) is 3.18. The Balaban J connectivity index is 1.77. The van der Waals surface area contributed by atoms with E-state index in [9.17, 15) is 4.79 Å². The molecule has 120 valence electrons. The number of benzene rings is 1. The number of carbonyl (C=O) groups excluding carboxylic acids is 1. The zero-order chi connectivity index (χ0) is 16.1. The summed E-state index contributed by atoms with van der Waals surface area (Å²) in [6.45, 7) is 0.856. The van der Waals surface area contributed by atoms with Crippen molar-refractivity contribution in [3.05, 3.63) is 54.2 Å². The van der Waals surface area contributed by atoms with Crippen LogP contribution in [0.1, 0.15) is 24.6 Å². The number of carbonyl (C=O) groups is 1. The molecule has 1 amide bonds. The lowest BCUT2D eigenvalue weighted by Crippen LogP contribution is -2.33. The highest BCUT2D eigenvalue weighted by Crippen LogP contribution is 2.32. The lowest BCUT2D eigenvalue weighted by atomic mass is 10.1. The zero-order valence-electron chi connectivity index (χ0n) is 13.1. The Morgan fingerprint density at radius 3 is 2.83 bits per heavy atom. The third-order valence-electron chi connectivity index (χ3n) is 3.89. The second kappa shape index (κ2) is 7.24. The summed E-state index contributed by atoms with van der Waals surface area (Å²) in [4.78, 5) is 18.6. The van der Waals surface area contributed by atoms with Crippen molar-refractivity contribution in [2.75, 3.05) is 20.3 Å². The van der Waals surface area contributed by atoms with E-state index in [0.29, 0.717) is 5.88 Å². The maximum atomic E-state index is 12.1. The Morgan fingerprint density at radius 1 is 1.22 bits per heavy atom. The van der Waals surface area contributed by atoms with Crippen LogP contribution in [-0.2, 0) is 9.53 Å². The monoisotopic (exact) mass is 312 g/mol. The summed E-state index contributed by atoms with van der Waals surface area (Å²) in [5.74, 6) is 1.29. The number of para-hydroxylation sites is 1. The van der Waals surface area contributed by atoms with Crippen molar-refractivity contribution in [2.24, 2.45) is 0 Å². The van der Waals surface area contributed by atoms with Crippen LogP contribution in [0.15, 0.2) is 48.5 Å². The second-order valence-electron chi connectivity index (χ2n) is 5.49. The van der Waals surface area contributed by atoms with E-state index in [-0.39, 0.29) is 18.6 Å². The van der Waals surface area contributed by atoms with Crippen molar-refractivity contribution in [1.29, 1.82) is 0 Å². The van der Waals surface area contributed by atoms with Gasteiger partial charge in [0, 0.05) is 19.7 Å². The van der Waals surface area contributed by atoms with E-state index in [0.717, 1.165) is 30.8 Å². The standard InChI is InChI=1S/C18H20N2O3/c1-22-13-18(21)20-12-6-10-16(20)15-9-5-11-17(19-15)23-14-7-3-2-4-8-14/h2-5,7-9,11,16H,6,10,12-13H2,1H3. The van der Waals surface area contributed by atoms with Crippen LogP contribution in [0, 0.1) is 0 Å². The van der Waals surface area contributed by atoms with Crippen LogP contribution in [0.5, 0.6) is 11.6 Å². The summed E-state index contributed by atoms with van der Waals surface area (Å²) in [7, 11) is 1.54. The molecule has 1 fully saturated rings. The number of amides is 1. The van der Waals surface area contributed by atoms with Gasteiger partial charge in [-0.2, -0.15) is 0 Å². The van der Waals surface area contributed by atoms with E-state index in [2.05, 4.69) is 4.98 Å². The summed E-state index contributed by atoms with van der Waals surface area (Å²) in [6, 6.07) is 15.2. The van der Waals surface area contributed by atoms with Crippen LogP contribution in [-0.4, -0.2) is 36.1 Å². The molecule has 23 heavy (non-hydrogen) atoms. The highest BCUT2D eigenvalue weighted by Gasteiger charge is 2.30. The van der Waals surface area contributed by atoms with Gasteiger partial charge in [0.15, 0.2) is 0 Å². The zero-order valence-corrected chi connectivity index (χ0v) is 13.1. The lowest BCUT2D eigenvalue weighted by molar-refractivity contribution is -0.136. The quantitative estimate of drug-likeness (QED) is 0.851. The van der Waals surface area contributed by atoms with Gasteiger partial charge in [0.2, 0.25) is 11.8 Å². The fourth-order valence-corrected chi connectivity index (χ4v) is 2.86. The summed E-state index contributed by atoms with van der Waals surface area (Å²) < 4.78 is 10.7. The minimum atomic E-state index is -0.00280. The Kier molecular flexibility index (Phi) is 4.88. The highest BCUT2D eigenvalue weighted by atomic mass is 16.5. The van der Waals surface area contributed by atoms with Crippen LogP contribution < -0.4 is 4.74 Å². The van der Waals surface area contributed by atoms with Gasteiger partial charge in [0.05, 0.1) is 11.7 Å². The molecule has 0 spiro atoms. The third-order valence-corrected chi connectivity index (χ3v) is 3.89. The molecule has 1 atom stereocenters. The van der Waals surface area contributed by atoms with E-state index >= 15 is 0 Å². The van der Waals surface area contributed by atoms with Crippen molar-refractivity contribution in [3.8, 4) is 11.6 Å². The van der Waals surface area contributed by atoms with Gasteiger partial charge in [0.1, 0.15) is 12.4 Å². The largest absolute Gasteiger partial charge is 0.439 e. The summed E-state index contributed by atoms with van der Waals surface area (Å²) in [5.41, 5.74) is 0.861. The van der Waals surface area contributed by atoms with E-state index in [1.54, 1.807) is 0 Å². The van der Waals surface area contributed by atoms with E-state index < -0.39 is 0 Å². The first-order valence-electron chi connectivity index (χ1n) is 7.76. The average molecular weight is 312 g/mol. The Labute approximate surface area is 135 Å². The molecular formula is C18H20N2O3. The van der Waals surface area contributed by atoms with Gasteiger partial charge in [0.25, 0.3) is 0 Å². The molecular weight excluding hydrogens is 292 g/mol. The molecule has 0 radical (unpaired) electrons. The number of aromatic nitrogens is 1. The second-order valence-corrected chi connectivity index (χ2v) is 5.49. The molecule has 0 saturated carbocycles. The van der Waals surface area contributed by atoms with E-state index in [1.807, 2.05) is 53.4 Å². The van der Waals surface area contributed by atoms with Crippen LogP contribution in [0.2, 0.25) is 0 Å². The van der Waals surface area contributed by atoms with E-state index in [1.165, 1.54) is 7.11 Å². The smallest absolute Gasteiger partial charge is 0.249 e. The number of hydrogen-bond acceptors (Lipinski definition) is 4. The van der Waals surface area contributed by atoms with Gasteiger partial charge in [-0.15, -0.1) is 0 Å². The molecule has 2 heterocycles. The first kappa shape index (κ1) is 15.5. The molecule has 1 saturated heterocycles. The topological polar surface area (TPSA) is 51.7 Å². The van der Waals surface area contributed by atoms with Gasteiger partial charge in [-0.25, -0.2) is 4.98 Å². The Bertz CT molecular complexity index is 660. The molecule has 0 N–H and O–H groups in total. The van der Waals surface area contributed by atoms with Crippen molar-refractivity contribution in [3.63, 3.8) is 0 Å². The van der Waals surface area contributed by atoms with Crippen LogP contribution in [0.25, 0.3) is 0 Å². The van der Waals surface area contributed by atoms with Crippen molar-refractivity contribution >= 4 is 5.91 Å². The Hall–Kier alpha value is -2.40. The molecule has 1 aromatic heterocycles. The van der Waals surface area contributed by atoms with Crippen LogP contribution in [0.4, 0.5) is 0 Å². The molecule has 0 aliphatic carbocycles. The van der Waals surface area contributed by atoms with Gasteiger partial charge >= 0.3 is 0 Å². The summed E-state index contributed by atoms with van der Waals surface area (Å²) in [6.07, 6.45) is 1.89. The Morgan fingerprint density at radius 2 is 2.04 bits per heavy atom. The number of nitrogens with zero attached hydrogens (tertiary/aromatic N) is 2. The minimum Gasteiger partial charge on any atom is -0.439 e. The third kappa shape index (κ3) is 3.68. The summed E-state index contributed by atoms with van der Waals surface area (Å²) >= 11 is 0. The first-order chi connectivity index (χ1) is 11.3. The minimum absolute atomic E-state index is 0.00280. The predicted molar refractivity (Wildman–Crippen MR) is 86.3 cm³/mol. The van der Waals surface area contributed by atoms with Crippen LogP contribution >= 0.6 is 0 Å². The fraction of sp³-hybridized carbons (Fsp3) is 0.333. The van der Waals surface area contributed by atoms with Gasteiger partial charge in [-0.3, -0.25) is 4.79 Å². The maximum absolute atomic E-state index is 12.1. The SMILES string of the molecule is COCC(=O)N1CCCC1c1cccc(Oc2ccccc2)n1. The lowest BCUT2D eigenvalue weighted by Gasteiger charge is -2.24. The molecule has 1 aliphatic rings. The number of hydrogen-bond donors (Lipinski definition) is 0. The number of methoxy groups -OCH3 is 1. The molecule has 3 rings (SSSR count). The molecule has 1 aliphatic heterocycles. The fourth-order valence-electron chi connectivity index (χ4n) is 2.86. The molecule has 1 unspecified atom stereocenters. The first-order valence-corrected chi connectivity index (χ1v) is 7.76. The maximum Gasteiger partial charge on any atom is 0.249 e. The van der Waals surface area contributed by atoms with E-state index in [4.69, 9.17) is 9.47 Å². The molecule has 0 bridgehead atoms. The molecule has 1 aromatic carbocycles. The number of likely N-dealkylation sites (tertiary alicyclic amines) is 1. The van der Waals surface area contributed by atoms with Crippen LogP contribution in [0.3, 0.4) is 0 Å². The number of rotatable bonds is 5. The molecule has 2 aromatic rings. The van der Waals surface area contributed by atoms with Crippen molar-refractivity contribution in [2.45, 2.75) is 18.9 Å². The van der Waals surface area contributed by atoms with Crippen molar-refractivity contribution in [1.82, 2.24) is 9.88 Å². The molecule has 5 nitrogen and oxygen atoms in total. The average Bonchev–Trinajstić information content (AvgIpc) is 3.06. The normalized spacial score (nSPS) is 17.3. The molecule has 5 heteroatoms. The van der Waals surface area contributed by atoms with Crippen molar-refractivity contribution < 1.29 is 14.3 Å². The highest BCUT2D eigenvalue weighted by molar-refractivity contribution is 5.78. The summed E-state index contributed by atoms with van der Waals surface area (Å²) in [5, 5.41) is 0. The number of pyridine rings is 1. The van der Waals surface area contributed by atoms with Gasteiger partial charge in [-0.1, -0.05) is 24.3 Å². The van der Waals surface area contributed by atoms with Gasteiger partial charge in [-0.05, 0) is 31.0 Å². The number of ether oxygens (including phenoxy) is 2. The van der Waals surface area contributed by atoms with Gasteiger partial charge < -0.3 is 14.4 Å².